The Labute approximate surface area is 174 Å². The van der Waals surface area contributed by atoms with Crippen molar-refractivity contribution in [1.29, 1.82) is 5.26 Å². The Balaban J connectivity index is 1.47. The summed E-state index contributed by atoms with van der Waals surface area (Å²) in [6.07, 6.45) is 9.44. The van der Waals surface area contributed by atoms with Gasteiger partial charge in [0, 0.05) is 30.1 Å². The number of imidazole rings is 1. The maximum Gasteiger partial charge on any atom is 0.227 e. The number of nitrogens with one attached hydrogen (secondary N) is 2. The predicted octanol–water partition coefficient (Wildman–Crippen LogP) is 2.74. The molecule has 2 fully saturated rings. The number of amides is 1. The monoisotopic (exact) mass is 406 g/mol. The molecule has 156 valence electrons. The first-order valence-corrected chi connectivity index (χ1v) is 10.8. The number of H-pyrrole nitrogens is 1. The summed E-state index contributed by atoms with van der Waals surface area (Å²) in [6, 6.07) is 4.65. The zero-order valence-electron chi connectivity index (χ0n) is 16.8. The van der Waals surface area contributed by atoms with Gasteiger partial charge in [-0.1, -0.05) is 0 Å². The van der Waals surface area contributed by atoms with Crippen LogP contribution in [0.25, 0.3) is 22.1 Å². The van der Waals surface area contributed by atoms with E-state index in [-0.39, 0.29) is 30.5 Å². The molecule has 0 spiro atoms. The number of fused-ring (bicyclic) bond motifs is 3. The Morgan fingerprint density at radius 1 is 1.33 bits per heavy atom. The SMILES string of the molecule is N#CC[C@H]1CC[C@H](n2c(CC(=O)N[C@H]3C[C@H](O)C3)nc3cnc4[nH]ccc4c32)CC1. The molecule has 0 unspecified atom stereocenters. The van der Waals surface area contributed by atoms with E-state index in [1.165, 1.54) is 0 Å². The van der Waals surface area contributed by atoms with E-state index in [1.807, 2.05) is 12.3 Å². The standard InChI is InChI=1S/C22H26N6O2/c23-7-5-13-1-3-15(4-2-13)28-19(11-20(30)26-14-9-16(29)10-14)27-18-12-25-22-17(21(18)28)6-8-24-22/h6,8,12-16,29H,1-5,9-11H2,(H,24,25)(H,26,30)/t13-,14-,15-,16-. The van der Waals surface area contributed by atoms with Crippen LogP contribution < -0.4 is 5.32 Å². The van der Waals surface area contributed by atoms with Gasteiger partial charge in [-0.3, -0.25) is 4.79 Å². The van der Waals surface area contributed by atoms with Crippen molar-refractivity contribution in [2.45, 2.75) is 69.6 Å². The minimum Gasteiger partial charge on any atom is -0.393 e. The highest BCUT2D eigenvalue weighted by Gasteiger charge is 2.30. The first kappa shape index (κ1) is 19.1. The highest BCUT2D eigenvalue weighted by atomic mass is 16.3. The van der Waals surface area contributed by atoms with Crippen LogP contribution in [0.2, 0.25) is 0 Å². The molecule has 3 aromatic heterocycles. The Morgan fingerprint density at radius 3 is 2.87 bits per heavy atom. The van der Waals surface area contributed by atoms with Crippen molar-refractivity contribution in [3.05, 3.63) is 24.3 Å². The lowest BCUT2D eigenvalue weighted by atomic mass is 9.84. The summed E-state index contributed by atoms with van der Waals surface area (Å²) in [6.45, 7) is 0. The summed E-state index contributed by atoms with van der Waals surface area (Å²) in [5.74, 6) is 1.17. The van der Waals surface area contributed by atoms with Crippen LogP contribution in [0.4, 0.5) is 0 Å². The number of nitrogens with zero attached hydrogens (tertiary/aromatic N) is 4. The lowest BCUT2D eigenvalue weighted by Crippen LogP contribution is -2.47. The van der Waals surface area contributed by atoms with Crippen molar-refractivity contribution in [3.8, 4) is 6.07 Å². The first-order valence-electron chi connectivity index (χ1n) is 10.8. The second kappa shape index (κ2) is 7.73. The molecular weight excluding hydrogens is 380 g/mol. The van der Waals surface area contributed by atoms with E-state index >= 15 is 0 Å². The number of carbonyl (C=O) groups is 1. The van der Waals surface area contributed by atoms with Gasteiger partial charge in [0.25, 0.3) is 0 Å². The molecule has 0 saturated heterocycles. The predicted molar refractivity (Wildman–Crippen MR) is 111 cm³/mol. The van der Waals surface area contributed by atoms with E-state index < -0.39 is 0 Å². The average molecular weight is 406 g/mol. The van der Waals surface area contributed by atoms with Crippen LogP contribution in [0.5, 0.6) is 0 Å². The average Bonchev–Trinajstić information content (AvgIpc) is 3.31. The molecule has 2 aliphatic carbocycles. The highest BCUT2D eigenvalue weighted by Crippen LogP contribution is 2.38. The molecule has 8 nitrogen and oxygen atoms in total. The van der Waals surface area contributed by atoms with Gasteiger partial charge in [-0.15, -0.1) is 0 Å². The van der Waals surface area contributed by atoms with Crippen molar-refractivity contribution in [3.63, 3.8) is 0 Å². The molecule has 0 aliphatic heterocycles. The summed E-state index contributed by atoms with van der Waals surface area (Å²) < 4.78 is 2.25. The number of carbonyl (C=O) groups excluding carboxylic acids is 1. The third-order valence-electron chi connectivity index (χ3n) is 6.67. The van der Waals surface area contributed by atoms with Crippen molar-refractivity contribution in [2.24, 2.45) is 5.92 Å². The van der Waals surface area contributed by atoms with Crippen molar-refractivity contribution < 1.29 is 9.90 Å². The summed E-state index contributed by atoms with van der Waals surface area (Å²) in [4.78, 5) is 25.1. The number of aliphatic hydroxyl groups excluding tert-OH is 1. The number of hydrogen-bond donors (Lipinski definition) is 3. The molecule has 8 heteroatoms. The van der Waals surface area contributed by atoms with Gasteiger partial charge < -0.3 is 20.0 Å². The van der Waals surface area contributed by atoms with E-state index in [4.69, 9.17) is 10.2 Å². The normalized spacial score (nSPS) is 26.4. The molecule has 0 radical (unpaired) electrons. The second-order valence-electron chi connectivity index (χ2n) is 8.73. The summed E-state index contributed by atoms with van der Waals surface area (Å²) in [5.41, 5.74) is 2.66. The van der Waals surface area contributed by atoms with E-state index in [0.717, 1.165) is 53.6 Å². The summed E-state index contributed by atoms with van der Waals surface area (Å²) in [5, 5.41) is 22.5. The van der Waals surface area contributed by atoms with Gasteiger partial charge in [-0.2, -0.15) is 5.26 Å². The Bertz CT molecular complexity index is 1110. The van der Waals surface area contributed by atoms with E-state index in [2.05, 4.69) is 25.9 Å². The minimum atomic E-state index is -0.295. The van der Waals surface area contributed by atoms with Crippen LogP contribution in [-0.2, 0) is 11.2 Å². The second-order valence-corrected chi connectivity index (χ2v) is 8.73. The Hall–Kier alpha value is -2.92. The van der Waals surface area contributed by atoms with Crippen molar-refractivity contribution >= 4 is 28.0 Å². The maximum absolute atomic E-state index is 12.7. The molecule has 30 heavy (non-hydrogen) atoms. The zero-order valence-corrected chi connectivity index (χ0v) is 16.8. The van der Waals surface area contributed by atoms with Gasteiger partial charge in [0.05, 0.1) is 30.3 Å². The molecule has 0 atom stereocenters. The van der Waals surface area contributed by atoms with Crippen LogP contribution >= 0.6 is 0 Å². The highest BCUT2D eigenvalue weighted by molar-refractivity contribution is 6.01. The minimum absolute atomic E-state index is 0.0557. The third kappa shape index (κ3) is 3.43. The topological polar surface area (TPSA) is 120 Å². The van der Waals surface area contributed by atoms with Gasteiger partial charge >= 0.3 is 0 Å². The van der Waals surface area contributed by atoms with Crippen LogP contribution in [0, 0.1) is 17.2 Å². The van der Waals surface area contributed by atoms with Gasteiger partial charge in [0.15, 0.2) is 0 Å². The molecular formula is C22H26N6O2. The maximum atomic E-state index is 12.7. The quantitative estimate of drug-likeness (QED) is 0.602. The molecule has 0 bridgehead atoms. The molecule has 0 aromatic carbocycles. The van der Waals surface area contributed by atoms with Gasteiger partial charge in [0.1, 0.15) is 17.0 Å². The zero-order chi connectivity index (χ0) is 20.7. The molecule has 3 aromatic rings. The summed E-state index contributed by atoms with van der Waals surface area (Å²) >= 11 is 0. The molecule has 2 aliphatic rings. The first-order chi connectivity index (χ1) is 14.6. The molecule has 3 N–H and O–H groups in total. The fraction of sp³-hybridized carbons (Fsp3) is 0.545. The number of aromatic nitrogens is 4. The van der Waals surface area contributed by atoms with Crippen LogP contribution in [0.1, 0.15) is 56.8 Å². The number of rotatable bonds is 5. The fourth-order valence-corrected chi connectivity index (χ4v) is 5.02. The third-order valence-corrected chi connectivity index (χ3v) is 6.67. The molecule has 3 heterocycles. The smallest absolute Gasteiger partial charge is 0.227 e. The van der Waals surface area contributed by atoms with E-state index in [0.29, 0.717) is 25.2 Å². The van der Waals surface area contributed by atoms with Crippen LogP contribution in [0.3, 0.4) is 0 Å². The van der Waals surface area contributed by atoms with Crippen molar-refractivity contribution in [2.75, 3.05) is 0 Å². The largest absolute Gasteiger partial charge is 0.393 e. The van der Waals surface area contributed by atoms with Gasteiger partial charge in [0.2, 0.25) is 5.91 Å². The number of pyridine rings is 1. The number of nitriles is 1. The molecule has 5 rings (SSSR count). The van der Waals surface area contributed by atoms with E-state index in [1.54, 1.807) is 6.20 Å². The molecule has 2 saturated carbocycles. The Morgan fingerprint density at radius 2 is 2.13 bits per heavy atom. The van der Waals surface area contributed by atoms with Gasteiger partial charge in [-0.05, 0) is 50.5 Å². The fourth-order valence-electron chi connectivity index (χ4n) is 5.02. The van der Waals surface area contributed by atoms with E-state index in [9.17, 15) is 9.90 Å². The molecule has 1 amide bonds. The van der Waals surface area contributed by atoms with Crippen LogP contribution in [-0.4, -0.2) is 42.7 Å². The van der Waals surface area contributed by atoms with Crippen LogP contribution in [0.15, 0.2) is 18.5 Å². The number of aliphatic hydroxyl groups is 1. The van der Waals surface area contributed by atoms with Gasteiger partial charge in [-0.25, -0.2) is 9.97 Å². The summed E-state index contributed by atoms with van der Waals surface area (Å²) in [7, 11) is 0. The number of hydrogen-bond acceptors (Lipinski definition) is 5. The lowest BCUT2D eigenvalue weighted by molar-refractivity contribution is -0.122. The lowest BCUT2D eigenvalue weighted by Gasteiger charge is -2.32. The van der Waals surface area contributed by atoms with Crippen molar-refractivity contribution in [1.82, 2.24) is 24.8 Å². The Kier molecular flexibility index (Phi) is 4.91. The number of aromatic amines is 1.